The van der Waals surface area contributed by atoms with Crippen LogP contribution in [-0.4, -0.2) is 37.8 Å². The standard InChI is InChI=1S/C19H21FN2O3S/c1-25-11-10-21-18(23)13-26-17-5-3-2-4-16(17)19(24)22-12-14-6-8-15(20)9-7-14/h2-9H,10-13H2,1H3,(H,21,23)(H,22,24). The van der Waals surface area contributed by atoms with E-state index in [0.717, 1.165) is 10.5 Å². The van der Waals surface area contributed by atoms with Crippen LogP contribution in [0.4, 0.5) is 4.39 Å². The molecule has 0 aliphatic rings. The van der Waals surface area contributed by atoms with Gasteiger partial charge in [-0.05, 0) is 29.8 Å². The molecule has 0 saturated carbocycles. The second-order valence-electron chi connectivity index (χ2n) is 5.44. The molecule has 7 heteroatoms. The quantitative estimate of drug-likeness (QED) is 0.522. The van der Waals surface area contributed by atoms with Crippen LogP contribution in [0.5, 0.6) is 0 Å². The van der Waals surface area contributed by atoms with Gasteiger partial charge in [0.25, 0.3) is 5.91 Å². The van der Waals surface area contributed by atoms with E-state index in [4.69, 9.17) is 4.74 Å². The number of carbonyl (C=O) groups is 2. The topological polar surface area (TPSA) is 67.4 Å². The largest absolute Gasteiger partial charge is 0.383 e. The molecule has 0 heterocycles. The molecule has 26 heavy (non-hydrogen) atoms. The van der Waals surface area contributed by atoms with E-state index in [9.17, 15) is 14.0 Å². The molecule has 2 rings (SSSR count). The van der Waals surface area contributed by atoms with Crippen molar-refractivity contribution in [1.82, 2.24) is 10.6 Å². The molecule has 0 fully saturated rings. The van der Waals surface area contributed by atoms with Crippen LogP contribution in [0, 0.1) is 5.82 Å². The first-order valence-corrected chi connectivity index (χ1v) is 9.09. The Balaban J connectivity index is 1.91. The first-order valence-electron chi connectivity index (χ1n) is 8.10. The van der Waals surface area contributed by atoms with E-state index in [-0.39, 0.29) is 23.4 Å². The summed E-state index contributed by atoms with van der Waals surface area (Å²) in [5.74, 6) is -0.456. The molecule has 2 aromatic rings. The Bertz CT molecular complexity index is 738. The van der Waals surface area contributed by atoms with Crippen molar-refractivity contribution in [3.05, 3.63) is 65.5 Å². The monoisotopic (exact) mass is 376 g/mol. The number of thioether (sulfide) groups is 1. The number of halogens is 1. The summed E-state index contributed by atoms with van der Waals surface area (Å²) in [5, 5.41) is 5.55. The molecule has 0 atom stereocenters. The Morgan fingerprint density at radius 1 is 1.08 bits per heavy atom. The highest BCUT2D eigenvalue weighted by Crippen LogP contribution is 2.22. The van der Waals surface area contributed by atoms with Crippen molar-refractivity contribution in [3.8, 4) is 0 Å². The molecule has 0 bridgehead atoms. The predicted molar refractivity (Wildman–Crippen MR) is 99.6 cm³/mol. The van der Waals surface area contributed by atoms with Crippen LogP contribution in [0.25, 0.3) is 0 Å². The van der Waals surface area contributed by atoms with Crippen LogP contribution in [0.3, 0.4) is 0 Å². The smallest absolute Gasteiger partial charge is 0.252 e. The predicted octanol–water partition coefficient (Wildman–Crippen LogP) is 2.61. The minimum absolute atomic E-state index is 0.117. The molecule has 2 N–H and O–H groups in total. The van der Waals surface area contributed by atoms with Crippen molar-refractivity contribution in [1.29, 1.82) is 0 Å². The van der Waals surface area contributed by atoms with Crippen molar-refractivity contribution < 1.29 is 18.7 Å². The highest BCUT2D eigenvalue weighted by molar-refractivity contribution is 8.00. The zero-order valence-corrected chi connectivity index (χ0v) is 15.3. The fraction of sp³-hybridized carbons (Fsp3) is 0.263. The number of methoxy groups -OCH3 is 1. The van der Waals surface area contributed by atoms with Crippen molar-refractivity contribution in [2.24, 2.45) is 0 Å². The average molecular weight is 376 g/mol. The third-order valence-corrected chi connectivity index (χ3v) is 4.56. The average Bonchev–Trinajstić information content (AvgIpc) is 2.66. The van der Waals surface area contributed by atoms with Gasteiger partial charge in [-0.1, -0.05) is 24.3 Å². The van der Waals surface area contributed by atoms with E-state index in [1.165, 1.54) is 23.9 Å². The molecule has 2 amide bonds. The van der Waals surface area contributed by atoms with Crippen molar-refractivity contribution in [3.63, 3.8) is 0 Å². The Kier molecular flexibility index (Phi) is 8.11. The van der Waals surface area contributed by atoms with Crippen LogP contribution in [0.1, 0.15) is 15.9 Å². The Labute approximate surface area is 156 Å². The maximum absolute atomic E-state index is 12.9. The Morgan fingerprint density at radius 3 is 2.54 bits per heavy atom. The lowest BCUT2D eigenvalue weighted by molar-refractivity contribution is -0.118. The number of carbonyl (C=O) groups excluding carboxylic acids is 2. The third kappa shape index (κ3) is 6.50. The number of ether oxygens (including phenoxy) is 1. The highest BCUT2D eigenvalue weighted by Gasteiger charge is 2.12. The Hall–Kier alpha value is -2.38. The fourth-order valence-electron chi connectivity index (χ4n) is 2.15. The molecular weight excluding hydrogens is 355 g/mol. The zero-order valence-electron chi connectivity index (χ0n) is 14.5. The van der Waals surface area contributed by atoms with Crippen LogP contribution in [0.2, 0.25) is 0 Å². The van der Waals surface area contributed by atoms with Gasteiger partial charge in [0.15, 0.2) is 0 Å². The van der Waals surface area contributed by atoms with Crippen LogP contribution >= 0.6 is 11.8 Å². The lowest BCUT2D eigenvalue weighted by atomic mass is 10.2. The van der Waals surface area contributed by atoms with E-state index in [0.29, 0.717) is 25.3 Å². The van der Waals surface area contributed by atoms with Crippen molar-refractivity contribution >= 4 is 23.6 Å². The number of amides is 2. The van der Waals surface area contributed by atoms with E-state index in [1.54, 1.807) is 37.4 Å². The van der Waals surface area contributed by atoms with Gasteiger partial charge in [-0.3, -0.25) is 9.59 Å². The maximum Gasteiger partial charge on any atom is 0.252 e. The van der Waals surface area contributed by atoms with E-state index >= 15 is 0 Å². The molecule has 5 nitrogen and oxygen atoms in total. The molecule has 0 aromatic heterocycles. The lowest BCUT2D eigenvalue weighted by Gasteiger charge is -2.10. The zero-order chi connectivity index (χ0) is 18.8. The van der Waals surface area contributed by atoms with Gasteiger partial charge in [-0.2, -0.15) is 0 Å². The molecule has 0 saturated heterocycles. The molecule has 0 unspecified atom stereocenters. The van der Waals surface area contributed by atoms with E-state index in [1.807, 2.05) is 6.07 Å². The fourth-order valence-corrected chi connectivity index (χ4v) is 3.03. The second kappa shape index (κ2) is 10.6. The summed E-state index contributed by atoms with van der Waals surface area (Å²) in [6.07, 6.45) is 0. The summed E-state index contributed by atoms with van der Waals surface area (Å²) < 4.78 is 17.8. The van der Waals surface area contributed by atoms with Gasteiger partial charge in [-0.25, -0.2) is 4.39 Å². The van der Waals surface area contributed by atoms with Gasteiger partial charge >= 0.3 is 0 Å². The highest BCUT2D eigenvalue weighted by atomic mass is 32.2. The first-order chi connectivity index (χ1) is 12.6. The summed E-state index contributed by atoms with van der Waals surface area (Å²) in [4.78, 5) is 25.0. The van der Waals surface area contributed by atoms with Gasteiger partial charge in [0.2, 0.25) is 5.91 Å². The second-order valence-corrected chi connectivity index (χ2v) is 6.45. The number of nitrogens with one attached hydrogen (secondary N) is 2. The number of rotatable bonds is 9. The van der Waals surface area contributed by atoms with E-state index < -0.39 is 0 Å². The molecule has 0 aliphatic carbocycles. The summed E-state index contributed by atoms with van der Waals surface area (Å²) >= 11 is 1.30. The van der Waals surface area contributed by atoms with Crippen molar-refractivity contribution in [2.75, 3.05) is 26.0 Å². The van der Waals surface area contributed by atoms with E-state index in [2.05, 4.69) is 10.6 Å². The molecule has 2 aromatic carbocycles. The third-order valence-electron chi connectivity index (χ3n) is 3.49. The molecule has 138 valence electrons. The SMILES string of the molecule is COCCNC(=O)CSc1ccccc1C(=O)NCc1ccc(F)cc1. The van der Waals surface area contributed by atoms with Gasteiger partial charge in [-0.15, -0.1) is 11.8 Å². The molecule has 0 aliphatic heterocycles. The van der Waals surface area contributed by atoms with Crippen LogP contribution in [-0.2, 0) is 16.1 Å². The minimum atomic E-state index is -0.314. The summed E-state index contributed by atoms with van der Waals surface area (Å²) in [5.41, 5.74) is 1.31. The summed E-state index contributed by atoms with van der Waals surface area (Å²) in [6, 6.07) is 13.1. The number of hydrogen-bond donors (Lipinski definition) is 2. The minimum Gasteiger partial charge on any atom is -0.383 e. The van der Waals surface area contributed by atoms with Crippen molar-refractivity contribution in [2.45, 2.75) is 11.4 Å². The Morgan fingerprint density at radius 2 is 1.81 bits per heavy atom. The van der Waals surface area contributed by atoms with Crippen LogP contribution < -0.4 is 10.6 Å². The van der Waals surface area contributed by atoms with Gasteiger partial charge < -0.3 is 15.4 Å². The molecule has 0 spiro atoms. The number of benzene rings is 2. The molecular formula is C19H21FN2O3S. The maximum atomic E-state index is 12.9. The summed E-state index contributed by atoms with van der Waals surface area (Å²) in [6.45, 7) is 1.21. The van der Waals surface area contributed by atoms with Gasteiger partial charge in [0.1, 0.15) is 5.82 Å². The van der Waals surface area contributed by atoms with Gasteiger partial charge in [0.05, 0.1) is 17.9 Å². The van der Waals surface area contributed by atoms with Crippen LogP contribution in [0.15, 0.2) is 53.4 Å². The lowest BCUT2D eigenvalue weighted by Crippen LogP contribution is -2.28. The number of hydrogen-bond acceptors (Lipinski definition) is 4. The molecule has 0 radical (unpaired) electrons. The van der Waals surface area contributed by atoms with Gasteiger partial charge in [0, 0.05) is 25.1 Å². The first kappa shape index (κ1) is 19.9. The summed E-state index contributed by atoms with van der Waals surface area (Å²) in [7, 11) is 1.57. The normalized spacial score (nSPS) is 10.4.